The van der Waals surface area contributed by atoms with Crippen LogP contribution in [-0.4, -0.2) is 36.9 Å². The van der Waals surface area contributed by atoms with Gasteiger partial charge in [-0.25, -0.2) is 0 Å². The summed E-state index contributed by atoms with van der Waals surface area (Å²) in [5.74, 6) is 1.91. The van der Waals surface area contributed by atoms with Crippen LogP contribution in [0.1, 0.15) is 24.3 Å². The summed E-state index contributed by atoms with van der Waals surface area (Å²) in [6.45, 7) is 3.63. The molecule has 2 aliphatic heterocycles. The molecule has 1 atom stereocenters. The third-order valence-corrected chi connectivity index (χ3v) is 3.69. The highest BCUT2D eigenvalue weighted by atomic mass is 16.5. The average molecular weight is 231 g/mol. The Balaban J connectivity index is 1.65. The van der Waals surface area contributed by atoms with Crippen LogP contribution in [0.5, 0.6) is 5.75 Å². The fourth-order valence-electron chi connectivity index (χ4n) is 2.68. The number of rotatable bonds is 2. The molecule has 2 heterocycles. The lowest BCUT2D eigenvalue weighted by Crippen LogP contribution is -2.37. The normalized spacial score (nSPS) is 24.5. The predicted molar refractivity (Wildman–Crippen MR) is 65.4 cm³/mol. The Morgan fingerprint density at radius 2 is 2.00 bits per heavy atom. The molecular weight excluding hydrogens is 214 g/mol. The number of Topliss-reactive ketones (excluding diaryl/α,β-unsaturated/α-hetero) is 1. The number of benzene rings is 1. The monoisotopic (exact) mass is 231 g/mol. The lowest BCUT2D eigenvalue weighted by Gasteiger charge is -2.27. The van der Waals surface area contributed by atoms with Crippen LogP contribution < -0.4 is 4.74 Å². The average Bonchev–Trinajstić information content (AvgIpc) is 2.76. The van der Waals surface area contributed by atoms with Gasteiger partial charge in [-0.05, 0) is 6.07 Å². The standard InChI is InChI=1S/C14H17NO2/c16-12-5-7-15(8-6-12)9-11-10-17-14-4-2-1-3-13(11)14/h1-4,11H,5-10H2. The number of para-hydroxylation sites is 1. The molecule has 0 N–H and O–H groups in total. The van der Waals surface area contributed by atoms with Crippen LogP contribution >= 0.6 is 0 Å². The molecular formula is C14H17NO2. The molecule has 1 saturated heterocycles. The van der Waals surface area contributed by atoms with Crippen molar-refractivity contribution in [1.29, 1.82) is 0 Å². The topological polar surface area (TPSA) is 29.5 Å². The summed E-state index contributed by atoms with van der Waals surface area (Å²) < 4.78 is 5.68. The number of fused-ring (bicyclic) bond motifs is 1. The molecule has 0 saturated carbocycles. The molecule has 2 aliphatic rings. The van der Waals surface area contributed by atoms with Gasteiger partial charge in [-0.2, -0.15) is 0 Å². The highest BCUT2D eigenvalue weighted by Gasteiger charge is 2.27. The Labute approximate surface area is 101 Å². The van der Waals surface area contributed by atoms with Crippen LogP contribution in [0.4, 0.5) is 0 Å². The number of nitrogens with zero attached hydrogens (tertiary/aromatic N) is 1. The second-order valence-corrected chi connectivity index (χ2v) is 4.89. The molecule has 0 bridgehead atoms. The molecule has 0 spiro atoms. The lowest BCUT2D eigenvalue weighted by atomic mass is 9.99. The molecule has 90 valence electrons. The smallest absolute Gasteiger partial charge is 0.135 e. The van der Waals surface area contributed by atoms with Gasteiger partial charge in [0.1, 0.15) is 11.5 Å². The summed E-state index contributed by atoms with van der Waals surface area (Å²) in [4.78, 5) is 13.6. The predicted octanol–water partition coefficient (Wildman–Crippen LogP) is 1.83. The summed E-state index contributed by atoms with van der Waals surface area (Å²) in [5, 5.41) is 0. The van der Waals surface area contributed by atoms with Crippen molar-refractivity contribution < 1.29 is 9.53 Å². The fourth-order valence-corrected chi connectivity index (χ4v) is 2.68. The van der Waals surface area contributed by atoms with E-state index in [9.17, 15) is 4.79 Å². The molecule has 3 rings (SSSR count). The third kappa shape index (κ3) is 2.20. The minimum Gasteiger partial charge on any atom is -0.493 e. The molecule has 0 aromatic heterocycles. The number of piperidine rings is 1. The van der Waals surface area contributed by atoms with E-state index in [1.54, 1.807) is 0 Å². The van der Waals surface area contributed by atoms with Crippen molar-refractivity contribution in [3.05, 3.63) is 29.8 Å². The van der Waals surface area contributed by atoms with E-state index in [4.69, 9.17) is 4.74 Å². The second-order valence-electron chi connectivity index (χ2n) is 4.89. The first-order valence-corrected chi connectivity index (χ1v) is 6.29. The van der Waals surface area contributed by atoms with Crippen molar-refractivity contribution >= 4 is 5.78 Å². The first kappa shape index (κ1) is 10.8. The Morgan fingerprint density at radius 1 is 1.24 bits per heavy atom. The van der Waals surface area contributed by atoms with E-state index < -0.39 is 0 Å². The van der Waals surface area contributed by atoms with E-state index in [1.165, 1.54) is 5.56 Å². The number of ether oxygens (including phenoxy) is 1. The number of ketones is 1. The van der Waals surface area contributed by atoms with Crippen LogP contribution in [0.2, 0.25) is 0 Å². The molecule has 1 aromatic rings. The van der Waals surface area contributed by atoms with Crippen molar-refractivity contribution in [2.75, 3.05) is 26.2 Å². The summed E-state index contributed by atoms with van der Waals surface area (Å²) in [6, 6.07) is 8.28. The molecule has 3 heteroatoms. The van der Waals surface area contributed by atoms with Crippen LogP contribution in [0, 0.1) is 0 Å². The van der Waals surface area contributed by atoms with Gasteiger partial charge < -0.3 is 9.64 Å². The van der Waals surface area contributed by atoms with E-state index in [1.807, 2.05) is 12.1 Å². The van der Waals surface area contributed by atoms with Gasteiger partial charge in [0.25, 0.3) is 0 Å². The number of hydrogen-bond acceptors (Lipinski definition) is 3. The zero-order valence-corrected chi connectivity index (χ0v) is 9.89. The zero-order chi connectivity index (χ0) is 11.7. The molecule has 0 radical (unpaired) electrons. The van der Waals surface area contributed by atoms with Crippen LogP contribution in [0.3, 0.4) is 0 Å². The molecule has 0 aliphatic carbocycles. The summed E-state index contributed by atoms with van der Waals surface area (Å²) in [6.07, 6.45) is 1.43. The maximum absolute atomic E-state index is 11.2. The van der Waals surface area contributed by atoms with E-state index in [-0.39, 0.29) is 0 Å². The van der Waals surface area contributed by atoms with E-state index in [0.717, 1.165) is 44.8 Å². The molecule has 1 fully saturated rings. The van der Waals surface area contributed by atoms with E-state index in [0.29, 0.717) is 11.7 Å². The van der Waals surface area contributed by atoms with Gasteiger partial charge in [-0.1, -0.05) is 18.2 Å². The Morgan fingerprint density at radius 3 is 2.82 bits per heavy atom. The van der Waals surface area contributed by atoms with Crippen LogP contribution in [-0.2, 0) is 4.79 Å². The maximum Gasteiger partial charge on any atom is 0.135 e. The minimum absolute atomic E-state index is 0.407. The second kappa shape index (κ2) is 4.49. The highest BCUT2D eigenvalue weighted by molar-refractivity contribution is 5.79. The molecule has 1 unspecified atom stereocenters. The maximum atomic E-state index is 11.2. The van der Waals surface area contributed by atoms with Crippen molar-refractivity contribution in [2.45, 2.75) is 18.8 Å². The number of carbonyl (C=O) groups is 1. The number of hydrogen-bond donors (Lipinski definition) is 0. The van der Waals surface area contributed by atoms with Crippen LogP contribution in [0.15, 0.2) is 24.3 Å². The van der Waals surface area contributed by atoms with E-state index >= 15 is 0 Å². The third-order valence-electron chi connectivity index (χ3n) is 3.69. The van der Waals surface area contributed by atoms with Crippen molar-refractivity contribution in [1.82, 2.24) is 4.90 Å². The van der Waals surface area contributed by atoms with Gasteiger partial charge in [0.2, 0.25) is 0 Å². The van der Waals surface area contributed by atoms with E-state index in [2.05, 4.69) is 17.0 Å². The first-order valence-electron chi connectivity index (χ1n) is 6.29. The molecule has 1 aromatic carbocycles. The summed E-state index contributed by atoms with van der Waals surface area (Å²) >= 11 is 0. The van der Waals surface area contributed by atoms with Crippen LogP contribution in [0.25, 0.3) is 0 Å². The van der Waals surface area contributed by atoms with Crippen molar-refractivity contribution in [2.24, 2.45) is 0 Å². The fraction of sp³-hybridized carbons (Fsp3) is 0.500. The van der Waals surface area contributed by atoms with Gasteiger partial charge in [0.05, 0.1) is 6.61 Å². The summed E-state index contributed by atoms with van der Waals surface area (Å²) in [5.41, 5.74) is 1.32. The van der Waals surface area contributed by atoms with Gasteiger partial charge in [0.15, 0.2) is 0 Å². The molecule has 3 nitrogen and oxygen atoms in total. The highest BCUT2D eigenvalue weighted by Crippen LogP contribution is 2.34. The van der Waals surface area contributed by atoms with Crippen molar-refractivity contribution in [3.8, 4) is 5.75 Å². The van der Waals surface area contributed by atoms with Crippen molar-refractivity contribution in [3.63, 3.8) is 0 Å². The Bertz CT molecular complexity index is 420. The lowest BCUT2D eigenvalue weighted by molar-refractivity contribution is -0.121. The largest absolute Gasteiger partial charge is 0.493 e. The first-order chi connectivity index (χ1) is 8.33. The number of likely N-dealkylation sites (tertiary alicyclic amines) is 1. The quantitative estimate of drug-likeness (QED) is 0.777. The van der Waals surface area contributed by atoms with Gasteiger partial charge in [-0.3, -0.25) is 4.79 Å². The SMILES string of the molecule is O=C1CCN(CC2COc3ccccc32)CC1. The Kier molecular flexibility index (Phi) is 2.85. The van der Waals surface area contributed by atoms with Gasteiger partial charge in [0, 0.05) is 44.0 Å². The van der Waals surface area contributed by atoms with Gasteiger partial charge in [-0.15, -0.1) is 0 Å². The number of carbonyl (C=O) groups excluding carboxylic acids is 1. The van der Waals surface area contributed by atoms with Gasteiger partial charge >= 0.3 is 0 Å². The Hall–Kier alpha value is -1.35. The summed E-state index contributed by atoms with van der Waals surface area (Å²) in [7, 11) is 0. The molecule has 0 amide bonds. The molecule has 17 heavy (non-hydrogen) atoms. The minimum atomic E-state index is 0.407. The zero-order valence-electron chi connectivity index (χ0n) is 9.89.